The van der Waals surface area contributed by atoms with E-state index < -0.39 is 14.2 Å². The van der Waals surface area contributed by atoms with Crippen LogP contribution < -0.4 is 10.1 Å². The summed E-state index contributed by atoms with van der Waals surface area (Å²) >= 11 is 0. The Morgan fingerprint density at radius 2 is 1.85 bits per heavy atom. The molecule has 52 heavy (non-hydrogen) atoms. The van der Waals surface area contributed by atoms with E-state index in [1.807, 2.05) is 26.8 Å². The van der Waals surface area contributed by atoms with Crippen LogP contribution in [0.25, 0.3) is 0 Å². The van der Waals surface area contributed by atoms with Crippen LogP contribution in [0, 0.1) is 35.5 Å². The fourth-order valence-electron chi connectivity index (χ4n) is 8.45. The lowest BCUT2D eigenvalue weighted by Gasteiger charge is -2.48. The van der Waals surface area contributed by atoms with Crippen molar-refractivity contribution in [3.05, 3.63) is 58.2 Å². The molecule has 0 heterocycles. The van der Waals surface area contributed by atoms with Crippen molar-refractivity contribution in [2.75, 3.05) is 19.9 Å². The number of Topliss-reactive ketones (excluding diaryl/α,β-unsaturated/α-hetero) is 1. The van der Waals surface area contributed by atoms with Gasteiger partial charge in [0, 0.05) is 29.5 Å². The number of hydrogen-bond donors (Lipinski definition) is 2. The molecular formula is C44H69NO6Si. The van der Waals surface area contributed by atoms with Crippen LogP contribution in [0.15, 0.2) is 47.1 Å². The normalized spacial score (nSPS) is 25.5. The van der Waals surface area contributed by atoms with E-state index in [1.165, 1.54) is 5.57 Å². The number of phenolic OH excluding ortho intramolecular Hbond substituents is 1. The molecule has 3 aliphatic carbocycles. The van der Waals surface area contributed by atoms with Crippen LogP contribution in [-0.2, 0) is 25.2 Å². The van der Waals surface area contributed by atoms with Crippen molar-refractivity contribution in [1.82, 2.24) is 5.32 Å². The number of ketones is 1. The molecule has 290 valence electrons. The van der Waals surface area contributed by atoms with E-state index in [2.05, 4.69) is 85.6 Å². The molecule has 1 saturated carbocycles. The summed E-state index contributed by atoms with van der Waals surface area (Å²) in [4.78, 5) is 27.6. The highest BCUT2D eigenvalue weighted by Crippen LogP contribution is 2.57. The van der Waals surface area contributed by atoms with Crippen LogP contribution in [0.3, 0.4) is 0 Å². The van der Waals surface area contributed by atoms with Gasteiger partial charge < -0.3 is 19.0 Å². The summed E-state index contributed by atoms with van der Waals surface area (Å²) in [6.45, 7) is 30.9. The summed E-state index contributed by atoms with van der Waals surface area (Å²) in [5, 5.41) is 15.0. The van der Waals surface area contributed by atoms with Crippen LogP contribution in [-0.4, -0.2) is 51.2 Å². The molecule has 0 bridgehead atoms. The Balaban J connectivity index is 1.59. The van der Waals surface area contributed by atoms with Gasteiger partial charge in [0.15, 0.2) is 8.32 Å². The third-order valence-corrected chi connectivity index (χ3v) is 17.0. The standard InChI is InChI=1S/C44H69NO6Si/c1-14-15-16-17-31-21-35(46)39(33-20-28(6)18-19-32(33)27(4)5)36(22-31)50-25-45-23-34-29(7)37-38(30(8)51-52(12,13)44(9,10)11)42(47)41(37)40(34)43(48)49-24-26(2)3/h20-22,26,29-30,32-33,37-38,41,45-46H,4,14-19,23-25H2,1-3,5-13H3/t29-,30+,32-,33+,37?,38+,41?/m0/s1. The zero-order chi connectivity index (χ0) is 38.7. The SMILES string of the molecule is C=C(C)[C@@H]1CCC(C)=C[C@H]1c1c(O)cc(CCCCC)cc1OCNCC1=C(C(=O)OCC(C)C)C2C(=O)[C@H]([C@@H](C)O[Si](C)(C)C(C)(C)C)C2[C@H]1C. The van der Waals surface area contributed by atoms with Gasteiger partial charge in [0.05, 0.1) is 18.6 Å². The van der Waals surface area contributed by atoms with Crippen molar-refractivity contribution in [2.24, 2.45) is 35.5 Å². The Bertz CT molecular complexity index is 1530. The Labute approximate surface area is 316 Å². The minimum absolute atomic E-state index is 0.000408. The number of carbonyl (C=O) groups is 2. The van der Waals surface area contributed by atoms with Gasteiger partial charge in [-0.15, -0.1) is 0 Å². The molecule has 1 fully saturated rings. The van der Waals surface area contributed by atoms with Crippen molar-refractivity contribution in [1.29, 1.82) is 0 Å². The third-order valence-electron chi connectivity index (χ3n) is 12.4. The number of aryl methyl sites for hydroxylation is 1. The van der Waals surface area contributed by atoms with E-state index in [0.29, 0.717) is 24.5 Å². The number of benzene rings is 1. The van der Waals surface area contributed by atoms with Crippen molar-refractivity contribution in [2.45, 2.75) is 138 Å². The quantitative estimate of drug-likeness (QED) is 0.0541. The number of phenols is 1. The highest BCUT2D eigenvalue weighted by atomic mass is 28.4. The Morgan fingerprint density at radius 3 is 2.46 bits per heavy atom. The lowest BCUT2D eigenvalue weighted by molar-refractivity contribution is -0.152. The molecule has 2 N–H and O–H groups in total. The maximum Gasteiger partial charge on any atom is 0.334 e. The molecule has 1 aromatic carbocycles. The minimum atomic E-state index is -2.11. The molecule has 3 aliphatic rings. The zero-order valence-corrected chi connectivity index (χ0v) is 35.4. The molecule has 4 rings (SSSR count). The minimum Gasteiger partial charge on any atom is -0.507 e. The highest BCUT2D eigenvalue weighted by Gasteiger charge is 2.62. The van der Waals surface area contributed by atoms with Crippen molar-refractivity contribution in [3.8, 4) is 11.5 Å². The van der Waals surface area contributed by atoms with E-state index >= 15 is 0 Å². The fraction of sp³-hybridized carbons (Fsp3) is 0.682. The number of fused-ring (bicyclic) bond motifs is 1. The zero-order valence-electron chi connectivity index (χ0n) is 34.4. The number of unbranched alkanes of at least 4 members (excludes halogenated alkanes) is 2. The molecule has 8 heteroatoms. The lowest BCUT2D eigenvalue weighted by atomic mass is 9.59. The van der Waals surface area contributed by atoms with Crippen LogP contribution >= 0.6 is 0 Å². The van der Waals surface area contributed by atoms with E-state index in [9.17, 15) is 14.7 Å². The first-order chi connectivity index (χ1) is 24.3. The second-order valence-corrected chi connectivity index (χ2v) is 22.8. The first kappa shape index (κ1) is 42.1. The largest absolute Gasteiger partial charge is 0.507 e. The number of esters is 1. The van der Waals surface area contributed by atoms with Gasteiger partial charge in [-0.1, -0.05) is 85.1 Å². The maximum absolute atomic E-state index is 13.9. The first-order valence-electron chi connectivity index (χ1n) is 19.9. The van der Waals surface area contributed by atoms with Gasteiger partial charge in [-0.25, -0.2) is 4.79 Å². The summed E-state index contributed by atoms with van der Waals surface area (Å²) < 4.78 is 19.1. The summed E-state index contributed by atoms with van der Waals surface area (Å²) in [6.07, 6.45) is 8.23. The Hall–Kier alpha value is -2.68. The molecule has 0 spiro atoms. The van der Waals surface area contributed by atoms with Gasteiger partial charge in [0.1, 0.15) is 24.0 Å². The molecule has 0 radical (unpaired) electrons. The van der Waals surface area contributed by atoms with E-state index in [4.69, 9.17) is 13.9 Å². The average Bonchev–Trinajstić information content (AvgIpc) is 3.28. The number of rotatable bonds is 17. The summed E-state index contributed by atoms with van der Waals surface area (Å²) in [7, 11) is -2.11. The summed E-state index contributed by atoms with van der Waals surface area (Å²) in [5.41, 5.74) is 5.73. The van der Waals surface area contributed by atoms with Crippen LogP contribution in [0.5, 0.6) is 11.5 Å². The number of carbonyl (C=O) groups excluding carboxylic acids is 2. The van der Waals surface area contributed by atoms with Crippen molar-refractivity contribution >= 4 is 20.1 Å². The van der Waals surface area contributed by atoms with Gasteiger partial charge >= 0.3 is 5.97 Å². The topological polar surface area (TPSA) is 94.1 Å². The van der Waals surface area contributed by atoms with Crippen LogP contribution in [0.2, 0.25) is 18.1 Å². The second kappa shape index (κ2) is 17.2. The Kier molecular flexibility index (Phi) is 13.9. The molecule has 1 aromatic rings. The third kappa shape index (κ3) is 9.15. The van der Waals surface area contributed by atoms with Gasteiger partial charge in [0.2, 0.25) is 0 Å². The number of aromatic hydroxyl groups is 1. The molecule has 7 nitrogen and oxygen atoms in total. The molecule has 0 aliphatic heterocycles. The average molecular weight is 736 g/mol. The number of ether oxygens (including phenoxy) is 2. The smallest absolute Gasteiger partial charge is 0.334 e. The van der Waals surface area contributed by atoms with Crippen molar-refractivity contribution in [3.63, 3.8) is 0 Å². The van der Waals surface area contributed by atoms with E-state index in [1.54, 1.807) is 0 Å². The first-order valence-corrected chi connectivity index (χ1v) is 22.8. The number of nitrogens with one attached hydrogen (secondary N) is 1. The Morgan fingerprint density at radius 1 is 1.15 bits per heavy atom. The van der Waals surface area contributed by atoms with Gasteiger partial charge in [-0.05, 0) is 112 Å². The molecule has 7 atom stereocenters. The van der Waals surface area contributed by atoms with E-state index in [-0.39, 0.29) is 70.9 Å². The summed E-state index contributed by atoms with van der Waals surface area (Å²) in [6, 6.07) is 4.01. The molecule has 0 saturated heterocycles. The van der Waals surface area contributed by atoms with Gasteiger partial charge in [-0.2, -0.15) is 0 Å². The highest BCUT2D eigenvalue weighted by molar-refractivity contribution is 6.74. The van der Waals surface area contributed by atoms with Gasteiger partial charge in [0.25, 0.3) is 0 Å². The van der Waals surface area contributed by atoms with Crippen LogP contribution in [0.1, 0.15) is 118 Å². The summed E-state index contributed by atoms with van der Waals surface area (Å²) in [5.74, 6) is 0.298. The predicted molar refractivity (Wildman–Crippen MR) is 214 cm³/mol. The monoisotopic (exact) mass is 735 g/mol. The maximum atomic E-state index is 13.9. The molecule has 2 unspecified atom stereocenters. The van der Waals surface area contributed by atoms with Crippen molar-refractivity contribution < 1.29 is 28.6 Å². The van der Waals surface area contributed by atoms with Crippen LogP contribution in [0.4, 0.5) is 0 Å². The fourth-order valence-corrected chi connectivity index (χ4v) is 9.88. The second-order valence-electron chi connectivity index (χ2n) is 18.0. The lowest BCUT2D eigenvalue weighted by Crippen LogP contribution is -2.57. The number of hydrogen-bond acceptors (Lipinski definition) is 7. The molecule has 0 amide bonds. The predicted octanol–water partition coefficient (Wildman–Crippen LogP) is 10.1. The number of allylic oxidation sites excluding steroid dienone is 3. The van der Waals surface area contributed by atoms with Gasteiger partial charge in [-0.3, -0.25) is 10.1 Å². The van der Waals surface area contributed by atoms with E-state index in [0.717, 1.165) is 60.8 Å². The molecular weight excluding hydrogens is 667 g/mol. The molecule has 0 aromatic heterocycles.